The van der Waals surface area contributed by atoms with E-state index < -0.39 is 6.08 Å². The summed E-state index contributed by atoms with van der Waals surface area (Å²) < 4.78 is 22.7. The third-order valence-corrected chi connectivity index (χ3v) is 6.00. The summed E-state index contributed by atoms with van der Waals surface area (Å²) in [5, 5.41) is 3.40. The lowest BCUT2D eigenvalue weighted by Crippen LogP contribution is -2.24. The van der Waals surface area contributed by atoms with Gasteiger partial charge in [0.15, 0.2) is 17.0 Å². The zero-order chi connectivity index (χ0) is 20.5. The minimum absolute atomic E-state index is 0.0692. The van der Waals surface area contributed by atoms with Gasteiger partial charge in [0, 0.05) is 29.0 Å². The van der Waals surface area contributed by atoms with Crippen molar-refractivity contribution in [3.05, 3.63) is 38.7 Å². The molecule has 0 spiro atoms. The Kier molecular flexibility index (Phi) is 5.86. The minimum Gasteiger partial charge on any atom is -0.493 e. The first kappa shape index (κ1) is 20.3. The number of nitrogens with one attached hydrogen (secondary N) is 1. The van der Waals surface area contributed by atoms with Crippen molar-refractivity contribution in [2.45, 2.75) is 45.7 Å². The van der Waals surface area contributed by atoms with E-state index in [4.69, 9.17) is 10.5 Å². The van der Waals surface area contributed by atoms with E-state index in [1.807, 2.05) is 4.57 Å². The molecule has 1 aromatic carbocycles. The lowest BCUT2D eigenvalue weighted by Gasteiger charge is -2.12. The molecule has 3 aromatic rings. The van der Waals surface area contributed by atoms with E-state index in [9.17, 15) is 4.39 Å². The predicted molar refractivity (Wildman–Crippen MR) is 119 cm³/mol. The number of fused-ring (bicyclic) bond motifs is 2. The van der Waals surface area contributed by atoms with Crippen LogP contribution in [-0.2, 0) is 19.4 Å². The molecule has 7 nitrogen and oxygen atoms in total. The van der Waals surface area contributed by atoms with Gasteiger partial charge >= 0.3 is 6.08 Å². The summed E-state index contributed by atoms with van der Waals surface area (Å²) in [7, 11) is 0. The topological polar surface area (TPSA) is 90.9 Å². The minimum atomic E-state index is -0.830. The zero-order valence-electron chi connectivity index (χ0n) is 16.5. The second-order valence-electron chi connectivity index (χ2n) is 7.52. The van der Waals surface area contributed by atoms with Gasteiger partial charge in [0.05, 0.1) is 6.61 Å². The quantitative estimate of drug-likeness (QED) is 0.289. The molecule has 0 aliphatic carbocycles. The summed E-state index contributed by atoms with van der Waals surface area (Å²) in [5.74, 6) is 1.81. The fourth-order valence-corrected chi connectivity index (χ4v) is 4.30. The molecular weight excluding hydrogens is 486 g/mol. The number of nitrogens with two attached hydrogens (primary N) is 1. The summed E-state index contributed by atoms with van der Waals surface area (Å²) in [6.07, 6.45) is 1.57. The van der Waals surface area contributed by atoms with E-state index in [1.165, 1.54) is 5.56 Å². The number of halogens is 2. The number of rotatable bonds is 7. The third kappa shape index (κ3) is 4.30. The van der Waals surface area contributed by atoms with Gasteiger partial charge in [0.1, 0.15) is 11.6 Å². The number of hydrogen-bond donors (Lipinski definition) is 2. The molecule has 0 radical (unpaired) electrons. The monoisotopic (exact) mass is 510 g/mol. The maximum atomic E-state index is 13.8. The summed E-state index contributed by atoms with van der Waals surface area (Å²) >= 11 is 2.35. The lowest BCUT2D eigenvalue weighted by molar-refractivity contribution is 0.356. The van der Waals surface area contributed by atoms with Crippen LogP contribution in [0.3, 0.4) is 0 Å². The molecule has 0 amide bonds. The van der Waals surface area contributed by atoms with Crippen LogP contribution < -0.4 is 15.8 Å². The lowest BCUT2D eigenvalue weighted by atomic mass is 10.1. The molecule has 154 valence electrons. The summed E-state index contributed by atoms with van der Waals surface area (Å²) in [6, 6.07) is 4.67. The number of ether oxygens (including phenoxy) is 1. The van der Waals surface area contributed by atoms with Gasteiger partial charge in [0.25, 0.3) is 0 Å². The highest BCUT2D eigenvalue weighted by Gasteiger charge is 2.20. The predicted octanol–water partition coefficient (Wildman–Crippen LogP) is 3.07. The van der Waals surface area contributed by atoms with Crippen LogP contribution in [0.1, 0.15) is 37.2 Å². The Hall–Kier alpha value is -2.01. The molecule has 0 saturated heterocycles. The first-order chi connectivity index (χ1) is 13.9. The Bertz CT molecular complexity index is 1050. The first-order valence-corrected chi connectivity index (χ1v) is 10.9. The number of aromatic nitrogens is 4. The van der Waals surface area contributed by atoms with Crippen LogP contribution in [0.2, 0.25) is 0 Å². The molecule has 1 aliphatic heterocycles. The van der Waals surface area contributed by atoms with E-state index in [2.05, 4.69) is 68.8 Å². The normalized spacial score (nSPS) is 13.3. The molecule has 3 N–H and O–H groups in total. The average molecular weight is 510 g/mol. The number of imidazole rings is 1. The highest BCUT2D eigenvalue weighted by atomic mass is 127. The Labute approximate surface area is 182 Å². The van der Waals surface area contributed by atoms with Gasteiger partial charge in [-0.05, 0) is 58.8 Å². The number of aryl methyl sites for hydroxylation is 1. The largest absolute Gasteiger partial charge is 0.493 e. The van der Waals surface area contributed by atoms with Crippen molar-refractivity contribution in [3.63, 3.8) is 0 Å². The van der Waals surface area contributed by atoms with E-state index in [-0.39, 0.29) is 5.82 Å². The van der Waals surface area contributed by atoms with Gasteiger partial charge in [-0.2, -0.15) is 14.4 Å². The third-order valence-electron chi connectivity index (χ3n) is 4.99. The van der Waals surface area contributed by atoms with Gasteiger partial charge in [-0.25, -0.2) is 4.98 Å². The number of anilines is 1. The van der Waals surface area contributed by atoms with E-state index >= 15 is 0 Å². The molecule has 0 atom stereocenters. The number of benzene rings is 1. The highest BCUT2D eigenvalue weighted by molar-refractivity contribution is 14.1. The molecule has 1 aliphatic rings. The first-order valence-electron chi connectivity index (χ1n) is 9.78. The Morgan fingerprint density at radius 3 is 2.93 bits per heavy atom. The zero-order valence-corrected chi connectivity index (χ0v) is 18.7. The number of nitrogens with zero attached hydrogens (tertiary/aromatic N) is 4. The van der Waals surface area contributed by atoms with Crippen LogP contribution in [0.15, 0.2) is 12.1 Å². The standard InChI is InChI=1S/C20H24FIN6O/c1-11(2)24-5-3-6-28-16(25-17-18(23)26-20(21)27-19(17)28)10-13-9-15-12(4-7-29-15)8-14(13)22/h8-9,11,24H,3-7,10H2,1-2H3,(H2,23,26,27). The van der Waals surface area contributed by atoms with E-state index in [0.29, 0.717) is 30.2 Å². The Morgan fingerprint density at radius 2 is 2.14 bits per heavy atom. The van der Waals surface area contributed by atoms with Crippen LogP contribution in [0.5, 0.6) is 5.75 Å². The highest BCUT2D eigenvalue weighted by Crippen LogP contribution is 2.31. The van der Waals surface area contributed by atoms with Crippen molar-refractivity contribution in [1.82, 2.24) is 24.8 Å². The van der Waals surface area contributed by atoms with E-state index in [1.54, 1.807) is 0 Å². The number of hydrogen-bond acceptors (Lipinski definition) is 6. The fraction of sp³-hybridized carbons (Fsp3) is 0.450. The van der Waals surface area contributed by atoms with Crippen molar-refractivity contribution in [1.29, 1.82) is 0 Å². The van der Waals surface area contributed by atoms with Crippen LogP contribution in [0, 0.1) is 9.65 Å². The molecule has 0 bridgehead atoms. The molecule has 0 saturated carbocycles. The molecule has 29 heavy (non-hydrogen) atoms. The second-order valence-corrected chi connectivity index (χ2v) is 8.68. The molecule has 0 unspecified atom stereocenters. The molecule has 3 heterocycles. The Morgan fingerprint density at radius 1 is 1.31 bits per heavy atom. The van der Waals surface area contributed by atoms with Crippen molar-refractivity contribution in [3.8, 4) is 5.75 Å². The SMILES string of the molecule is CC(C)NCCCn1c(Cc2cc3c(cc2I)CCO3)nc2c(N)nc(F)nc21. The van der Waals surface area contributed by atoms with Gasteiger partial charge < -0.3 is 20.4 Å². The summed E-state index contributed by atoms with van der Waals surface area (Å²) in [6.45, 7) is 6.46. The van der Waals surface area contributed by atoms with Crippen LogP contribution >= 0.6 is 22.6 Å². The maximum absolute atomic E-state index is 13.8. The fourth-order valence-electron chi connectivity index (χ4n) is 3.58. The maximum Gasteiger partial charge on any atom is 0.312 e. The van der Waals surface area contributed by atoms with E-state index in [0.717, 1.165) is 46.7 Å². The van der Waals surface area contributed by atoms with Crippen LogP contribution in [0.25, 0.3) is 11.2 Å². The van der Waals surface area contributed by atoms with Crippen molar-refractivity contribution < 1.29 is 9.13 Å². The average Bonchev–Trinajstić information content (AvgIpc) is 3.23. The molecule has 9 heteroatoms. The van der Waals surface area contributed by atoms with Gasteiger partial charge in [-0.15, -0.1) is 0 Å². The van der Waals surface area contributed by atoms with Gasteiger partial charge in [-0.3, -0.25) is 0 Å². The second kappa shape index (κ2) is 8.39. The summed E-state index contributed by atoms with van der Waals surface area (Å²) in [4.78, 5) is 12.3. The molecule has 4 rings (SSSR count). The van der Waals surface area contributed by atoms with Crippen LogP contribution in [0.4, 0.5) is 10.2 Å². The van der Waals surface area contributed by atoms with Crippen LogP contribution in [-0.4, -0.2) is 38.7 Å². The molecular formula is C20H24FIN6O. The smallest absolute Gasteiger partial charge is 0.312 e. The van der Waals surface area contributed by atoms with Gasteiger partial charge in [0.2, 0.25) is 0 Å². The van der Waals surface area contributed by atoms with Crippen molar-refractivity contribution in [2.75, 3.05) is 18.9 Å². The van der Waals surface area contributed by atoms with Crippen molar-refractivity contribution in [2.24, 2.45) is 0 Å². The van der Waals surface area contributed by atoms with Gasteiger partial charge in [-0.1, -0.05) is 13.8 Å². The Balaban J connectivity index is 1.69. The van der Waals surface area contributed by atoms with Crippen molar-refractivity contribution >= 4 is 39.6 Å². The molecule has 0 fully saturated rings. The molecule has 2 aromatic heterocycles. The number of nitrogen functional groups attached to an aromatic ring is 1. The summed E-state index contributed by atoms with van der Waals surface area (Å²) in [5.41, 5.74) is 9.19.